The first-order valence-electron chi connectivity index (χ1n) is 11.8. The van der Waals surface area contributed by atoms with Crippen molar-refractivity contribution in [2.75, 3.05) is 6.54 Å². The molecule has 0 aliphatic carbocycles. The fraction of sp³-hybridized carbons (Fsp3) is 0.310. The second-order valence-electron chi connectivity index (χ2n) is 9.01. The quantitative estimate of drug-likeness (QED) is 0.387. The van der Waals surface area contributed by atoms with Crippen LogP contribution in [0, 0.1) is 5.92 Å². The van der Waals surface area contributed by atoms with Gasteiger partial charge in [0.25, 0.3) is 0 Å². The molecule has 0 bridgehead atoms. The van der Waals surface area contributed by atoms with Crippen LogP contribution in [0.25, 0.3) is 0 Å². The zero-order chi connectivity index (χ0) is 24.5. The van der Waals surface area contributed by atoms with Gasteiger partial charge < -0.3 is 10.2 Å². The first kappa shape index (κ1) is 25.5. The van der Waals surface area contributed by atoms with Crippen LogP contribution in [-0.2, 0) is 16.1 Å². The number of halogens is 1. The Bertz CT molecular complexity index is 1030. The summed E-state index contributed by atoms with van der Waals surface area (Å²) in [5.74, 6) is -0.0473. The molecule has 3 rings (SSSR count). The number of nitrogens with zero attached hydrogens (tertiary/aromatic N) is 1. The van der Waals surface area contributed by atoms with Crippen molar-refractivity contribution in [2.45, 2.75) is 45.7 Å². The number of rotatable bonds is 10. The second-order valence-corrected chi connectivity index (χ2v) is 9.41. The van der Waals surface area contributed by atoms with Gasteiger partial charge >= 0.3 is 0 Å². The van der Waals surface area contributed by atoms with Crippen molar-refractivity contribution in [3.63, 3.8) is 0 Å². The summed E-state index contributed by atoms with van der Waals surface area (Å²) in [7, 11) is 0. The van der Waals surface area contributed by atoms with Gasteiger partial charge in [-0.1, -0.05) is 104 Å². The molecule has 0 radical (unpaired) electrons. The van der Waals surface area contributed by atoms with E-state index < -0.39 is 6.04 Å². The Kier molecular flexibility index (Phi) is 9.29. The molecule has 0 unspecified atom stereocenters. The molecule has 0 fully saturated rings. The molecule has 3 aromatic carbocycles. The lowest BCUT2D eigenvalue weighted by atomic mass is 9.88. The number of hydrogen-bond donors (Lipinski definition) is 1. The van der Waals surface area contributed by atoms with Gasteiger partial charge in [-0.05, 0) is 35.6 Å². The van der Waals surface area contributed by atoms with Crippen molar-refractivity contribution in [2.24, 2.45) is 5.92 Å². The average molecular weight is 477 g/mol. The van der Waals surface area contributed by atoms with Gasteiger partial charge in [-0.3, -0.25) is 9.59 Å². The van der Waals surface area contributed by atoms with Crippen molar-refractivity contribution >= 4 is 23.4 Å². The van der Waals surface area contributed by atoms with E-state index in [1.54, 1.807) is 17.9 Å². The number of amides is 2. The van der Waals surface area contributed by atoms with Crippen LogP contribution in [0.2, 0.25) is 5.02 Å². The molecule has 0 saturated heterocycles. The minimum absolute atomic E-state index is 0.0928. The minimum atomic E-state index is -0.630. The Morgan fingerprint density at radius 3 is 1.88 bits per heavy atom. The Hall–Kier alpha value is -3.11. The van der Waals surface area contributed by atoms with Crippen molar-refractivity contribution in [1.82, 2.24) is 10.2 Å². The molecule has 0 heterocycles. The maximum Gasteiger partial charge on any atom is 0.242 e. The van der Waals surface area contributed by atoms with Gasteiger partial charge in [-0.15, -0.1) is 0 Å². The third-order valence-electron chi connectivity index (χ3n) is 5.93. The lowest BCUT2D eigenvalue weighted by Gasteiger charge is -2.31. The van der Waals surface area contributed by atoms with Crippen molar-refractivity contribution in [1.29, 1.82) is 0 Å². The summed E-state index contributed by atoms with van der Waals surface area (Å²) in [4.78, 5) is 28.4. The SMILES string of the molecule is CC(C)CNC(=O)[C@@H](C)N(Cc1ccccc1Cl)C(=O)CC(c1ccccc1)c1ccccc1. The Morgan fingerprint density at radius 1 is 0.824 bits per heavy atom. The highest BCUT2D eigenvalue weighted by Gasteiger charge is 2.29. The molecule has 2 amide bonds. The van der Waals surface area contributed by atoms with Gasteiger partial charge in [0.05, 0.1) is 0 Å². The zero-order valence-corrected chi connectivity index (χ0v) is 20.8. The van der Waals surface area contributed by atoms with Gasteiger partial charge in [-0.2, -0.15) is 0 Å². The van der Waals surface area contributed by atoms with Crippen LogP contribution in [-0.4, -0.2) is 29.3 Å². The summed E-state index contributed by atoms with van der Waals surface area (Å²) in [6.07, 6.45) is 0.250. The standard InChI is InChI=1S/C29H33ClN2O2/c1-21(2)19-31-29(34)22(3)32(20-25-16-10-11-17-27(25)30)28(33)18-26(23-12-6-4-7-13-23)24-14-8-5-9-15-24/h4-17,21-22,26H,18-20H2,1-3H3,(H,31,34)/t22-/m1/s1. The van der Waals surface area contributed by atoms with Crippen molar-refractivity contribution < 1.29 is 9.59 Å². The van der Waals surface area contributed by atoms with E-state index in [9.17, 15) is 9.59 Å². The Morgan fingerprint density at radius 2 is 1.35 bits per heavy atom. The molecule has 0 aromatic heterocycles. The van der Waals surface area contributed by atoms with Crippen LogP contribution < -0.4 is 5.32 Å². The summed E-state index contributed by atoms with van der Waals surface area (Å²) < 4.78 is 0. The van der Waals surface area contributed by atoms with E-state index in [2.05, 4.69) is 5.32 Å². The minimum Gasteiger partial charge on any atom is -0.354 e. The molecule has 0 aliphatic heterocycles. The summed E-state index contributed by atoms with van der Waals surface area (Å²) in [6, 6.07) is 26.9. The van der Waals surface area contributed by atoms with Gasteiger partial charge in [-0.25, -0.2) is 0 Å². The molecular weight excluding hydrogens is 444 g/mol. The highest BCUT2D eigenvalue weighted by Crippen LogP contribution is 2.30. The summed E-state index contributed by atoms with van der Waals surface area (Å²) in [6.45, 7) is 6.70. The molecule has 4 nitrogen and oxygen atoms in total. The predicted octanol–water partition coefficient (Wildman–Crippen LogP) is 6.05. The molecule has 5 heteroatoms. The van der Waals surface area contributed by atoms with Crippen LogP contribution in [0.3, 0.4) is 0 Å². The van der Waals surface area contributed by atoms with E-state index in [0.29, 0.717) is 17.5 Å². The number of nitrogens with one attached hydrogen (secondary N) is 1. The van der Waals surface area contributed by atoms with Crippen LogP contribution in [0.15, 0.2) is 84.9 Å². The molecule has 0 saturated carbocycles. The normalized spacial score (nSPS) is 11.9. The Balaban J connectivity index is 1.90. The molecule has 178 valence electrons. The number of carbonyl (C=O) groups excluding carboxylic acids is 2. The smallest absolute Gasteiger partial charge is 0.242 e. The van der Waals surface area contributed by atoms with E-state index >= 15 is 0 Å². The van der Waals surface area contributed by atoms with Crippen LogP contribution in [0.5, 0.6) is 0 Å². The lowest BCUT2D eigenvalue weighted by molar-refractivity contribution is -0.140. The molecule has 0 aliphatic rings. The van der Waals surface area contributed by atoms with Gasteiger partial charge in [0.15, 0.2) is 0 Å². The predicted molar refractivity (Wildman–Crippen MR) is 139 cm³/mol. The number of carbonyl (C=O) groups is 2. The summed E-state index contributed by atoms with van der Waals surface area (Å²) >= 11 is 6.42. The van der Waals surface area contributed by atoms with Crippen LogP contribution in [0.1, 0.15) is 49.8 Å². The fourth-order valence-electron chi connectivity index (χ4n) is 3.94. The van der Waals surface area contributed by atoms with E-state index in [4.69, 9.17) is 11.6 Å². The van der Waals surface area contributed by atoms with Crippen molar-refractivity contribution in [3.05, 3.63) is 107 Å². The second kappa shape index (κ2) is 12.4. The molecule has 3 aromatic rings. The molecule has 1 atom stereocenters. The van der Waals surface area contributed by atoms with Gasteiger partial charge in [0.2, 0.25) is 11.8 Å². The van der Waals surface area contributed by atoms with Crippen molar-refractivity contribution in [3.8, 4) is 0 Å². The molecule has 1 N–H and O–H groups in total. The summed E-state index contributed by atoms with van der Waals surface area (Å²) in [5, 5.41) is 3.55. The van der Waals surface area contributed by atoms with Gasteiger partial charge in [0.1, 0.15) is 6.04 Å². The molecule has 34 heavy (non-hydrogen) atoms. The highest BCUT2D eigenvalue weighted by molar-refractivity contribution is 6.31. The third-order valence-corrected chi connectivity index (χ3v) is 6.30. The van der Waals surface area contributed by atoms with E-state index in [0.717, 1.165) is 16.7 Å². The Labute approximate surface area is 207 Å². The van der Waals surface area contributed by atoms with E-state index in [1.165, 1.54) is 0 Å². The maximum atomic E-state index is 13.8. The average Bonchev–Trinajstić information content (AvgIpc) is 2.85. The molecule has 0 spiro atoms. The number of benzene rings is 3. The topological polar surface area (TPSA) is 49.4 Å². The monoisotopic (exact) mass is 476 g/mol. The zero-order valence-electron chi connectivity index (χ0n) is 20.1. The van der Waals surface area contributed by atoms with E-state index in [1.807, 2.05) is 92.7 Å². The number of hydrogen-bond acceptors (Lipinski definition) is 2. The first-order chi connectivity index (χ1) is 16.4. The van der Waals surface area contributed by atoms with Crippen LogP contribution in [0.4, 0.5) is 0 Å². The first-order valence-corrected chi connectivity index (χ1v) is 12.1. The maximum absolute atomic E-state index is 13.8. The molecular formula is C29H33ClN2O2. The largest absolute Gasteiger partial charge is 0.354 e. The van der Waals surface area contributed by atoms with E-state index in [-0.39, 0.29) is 30.7 Å². The fourth-order valence-corrected chi connectivity index (χ4v) is 4.13. The third kappa shape index (κ3) is 6.94. The van der Waals surface area contributed by atoms with Crippen LogP contribution >= 0.6 is 11.6 Å². The summed E-state index contributed by atoms with van der Waals surface area (Å²) in [5.41, 5.74) is 2.95. The lowest BCUT2D eigenvalue weighted by Crippen LogP contribution is -2.48. The van der Waals surface area contributed by atoms with Gasteiger partial charge in [0, 0.05) is 30.5 Å². The highest BCUT2D eigenvalue weighted by atomic mass is 35.5.